The largest absolute Gasteiger partial charge is 0.381 e. The molecule has 9 atom stereocenters. The van der Waals surface area contributed by atoms with Gasteiger partial charge in [0.25, 0.3) is 10.1 Å². The summed E-state index contributed by atoms with van der Waals surface area (Å²) in [5.41, 5.74) is 2.30. The molecule has 0 aliphatic heterocycles. The summed E-state index contributed by atoms with van der Waals surface area (Å²) in [5.74, 6) is 3.83. The summed E-state index contributed by atoms with van der Waals surface area (Å²) in [6, 6.07) is 6.95. The molecule has 4 nitrogen and oxygen atoms in total. The van der Waals surface area contributed by atoms with Crippen LogP contribution in [0.5, 0.6) is 0 Å². The van der Waals surface area contributed by atoms with Gasteiger partial charge in [-0.3, -0.25) is 4.18 Å². The monoisotopic (exact) mass is 486 g/mol. The molecule has 6 rings (SSSR count). The summed E-state index contributed by atoms with van der Waals surface area (Å²) >= 11 is 0. The molecule has 0 amide bonds. The third-order valence-corrected chi connectivity index (χ3v) is 13.4. The van der Waals surface area contributed by atoms with E-state index in [2.05, 4.69) is 13.8 Å². The first-order valence-electron chi connectivity index (χ1n) is 13.6. The van der Waals surface area contributed by atoms with Gasteiger partial charge in [-0.2, -0.15) is 8.42 Å². The summed E-state index contributed by atoms with van der Waals surface area (Å²) in [5, 5.41) is 0. The highest BCUT2D eigenvalue weighted by atomic mass is 32.2. The van der Waals surface area contributed by atoms with Crippen molar-refractivity contribution >= 4 is 10.1 Å². The molecule has 0 N–H and O–H groups in total. The third kappa shape index (κ3) is 3.11. The third-order valence-electron chi connectivity index (χ3n) is 12.0. The van der Waals surface area contributed by atoms with Gasteiger partial charge >= 0.3 is 0 Å². The van der Waals surface area contributed by atoms with Crippen molar-refractivity contribution in [3.05, 3.63) is 29.8 Å². The first kappa shape index (κ1) is 23.5. The molecule has 0 aromatic heterocycles. The maximum Gasteiger partial charge on any atom is 0.296 e. The van der Waals surface area contributed by atoms with Gasteiger partial charge in [-0.25, -0.2) is 0 Å². The van der Waals surface area contributed by atoms with Crippen LogP contribution in [0.2, 0.25) is 0 Å². The molecule has 5 saturated carbocycles. The van der Waals surface area contributed by atoms with Crippen LogP contribution in [0, 0.1) is 52.8 Å². The van der Waals surface area contributed by atoms with Crippen molar-refractivity contribution in [3.8, 4) is 0 Å². The Balaban J connectivity index is 1.15. The first-order chi connectivity index (χ1) is 16.2. The van der Waals surface area contributed by atoms with E-state index in [1.54, 1.807) is 12.1 Å². The molecular weight excluding hydrogens is 444 g/mol. The van der Waals surface area contributed by atoms with Crippen LogP contribution >= 0.6 is 0 Å². The quantitative estimate of drug-likeness (QED) is 0.438. The van der Waals surface area contributed by atoms with E-state index in [1.807, 2.05) is 26.2 Å². The Hall–Kier alpha value is -0.910. The molecule has 1 aromatic carbocycles. The number of rotatable bonds is 6. The van der Waals surface area contributed by atoms with Gasteiger partial charge in [-0.15, -0.1) is 0 Å². The maximum atomic E-state index is 12.7. The fourth-order valence-corrected chi connectivity index (χ4v) is 11.2. The van der Waals surface area contributed by atoms with Gasteiger partial charge in [0.05, 0.1) is 17.6 Å². The molecule has 5 fully saturated rings. The van der Waals surface area contributed by atoms with Gasteiger partial charge in [-0.1, -0.05) is 31.5 Å². The van der Waals surface area contributed by atoms with Gasteiger partial charge in [-0.05, 0) is 117 Å². The van der Waals surface area contributed by atoms with E-state index in [0.29, 0.717) is 34.9 Å². The van der Waals surface area contributed by atoms with Gasteiger partial charge in [0.1, 0.15) is 0 Å². The van der Waals surface area contributed by atoms with Crippen molar-refractivity contribution in [2.45, 2.75) is 89.6 Å². The van der Waals surface area contributed by atoms with E-state index in [9.17, 15) is 8.42 Å². The molecule has 0 bridgehead atoms. The molecule has 0 heterocycles. The molecule has 5 aliphatic rings. The van der Waals surface area contributed by atoms with Crippen LogP contribution in [0.1, 0.15) is 77.2 Å². The molecule has 0 saturated heterocycles. The average molecular weight is 487 g/mol. The summed E-state index contributed by atoms with van der Waals surface area (Å²) in [6.07, 6.45) is 11.9. The highest BCUT2D eigenvalue weighted by Crippen LogP contribution is 2.82. The molecule has 188 valence electrons. The molecule has 34 heavy (non-hydrogen) atoms. The van der Waals surface area contributed by atoms with E-state index in [1.165, 1.54) is 51.4 Å². The lowest BCUT2D eigenvalue weighted by Gasteiger charge is -2.60. The van der Waals surface area contributed by atoms with Crippen LogP contribution in [0.4, 0.5) is 0 Å². The Bertz CT molecular complexity index is 1050. The second-order valence-corrected chi connectivity index (χ2v) is 14.5. The Morgan fingerprint density at radius 1 is 1.00 bits per heavy atom. The molecule has 5 heteroatoms. The molecule has 5 aliphatic carbocycles. The lowest BCUT2D eigenvalue weighted by atomic mass is 9.45. The van der Waals surface area contributed by atoms with Crippen molar-refractivity contribution in [1.29, 1.82) is 0 Å². The van der Waals surface area contributed by atoms with Crippen LogP contribution in [-0.2, 0) is 19.0 Å². The highest BCUT2D eigenvalue weighted by molar-refractivity contribution is 7.86. The van der Waals surface area contributed by atoms with Crippen molar-refractivity contribution in [2.75, 3.05) is 13.7 Å². The highest BCUT2D eigenvalue weighted by Gasteiger charge is 2.77. The number of fused-ring (bicyclic) bond motifs is 4. The van der Waals surface area contributed by atoms with Crippen LogP contribution in [0.15, 0.2) is 29.2 Å². The van der Waals surface area contributed by atoms with Gasteiger partial charge in [0, 0.05) is 12.5 Å². The van der Waals surface area contributed by atoms with E-state index < -0.39 is 10.1 Å². The zero-order chi connectivity index (χ0) is 23.9. The number of ether oxygens (including phenoxy) is 1. The molecular formula is C29H42O4S. The van der Waals surface area contributed by atoms with Crippen molar-refractivity contribution < 1.29 is 17.3 Å². The van der Waals surface area contributed by atoms with Gasteiger partial charge < -0.3 is 4.74 Å². The molecule has 1 aromatic rings. The molecule has 0 radical (unpaired) electrons. The summed E-state index contributed by atoms with van der Waals surface area (Å²) < 4.78 is 37.1. The summed E-state index contributed by atoms with van der Waals surface area (Å²) in [6.45, 7) is 7.39. The lowest BCUT2D eigenvalue weighted by Crippen LogP contribution is -2.56. The lowest BCUT2D eigenvalue weighted by molar-refractivity contribution is -0.159. The fraction of sp³-hybridized carbons (Fsp3) is 0.793. The average Bonchev–Trinajstić information content (AvgIpc) is 3.33. The minimum Gasteiger partial charge on any atom is -0.381 e. The van der Waals surface area contributed by atoms with Crippen LogP contribution in [0.3, 0.4) is 0 Å². The van der Waals surface area contributed by atoms with Crippen molar-refractivity contribution in [2.24, 2.45) is 45.8 Å². The van der Waals surface area contributed by atoms with Crippen LogP contribution in [-0.4, -0.2) is 28.2 Å². The van der Waals surface area contributed by atoms with E-state index in [0.717, 1.165) is 35.7 Å². The van der Waals surface area contributed by atoms with E-state index >= 15 is 0 Å². The number of hydrogen-bond donors (Lipinski definition) is 0. The second-order valence-electron chi connectivity index (χ2n) is 12.9. The Morgan fingerprint density at radius 3 is 2.47 bits per heavy atom. The summed E-state index contributed by atoms with van der Waals surface area (Å²) in [7, 11) is -1.73. The Morgan fingerprint density at radius 2 is 1.76 bits per heavy atom. The van der Waals surface area contributed by atoms with E-state index in [-0.39, 0.29) is 4.90 Å². The van der Waals surface area contributed by atoms with E-state index in [4.69, 9.17) is 8.92 Å². The predicted molar refractivity (Wildman–Crippen MR) is 133 cm³/mol. The molecule has 0 unspecified atom stereocenters. The van der Waals surface area contributed by atoms with Gasteiger partial charge in [0.2, 0.25) is 0 Å². The summed E-state index contributed by atoms with van der Waals surface area (Å²) in [4.78, 5) is 0.263. The number of aryl methyl sites for hydroxylation is 1. The second kappa shape index (κ2) is 7.79. The fourth-order valence-electron chi connectivity index (χ4n) is 10.2. The number of benzene rings is 1. The minimum absolute atomic E-state index is 0.263. The maximum absolute atomic E-state index is 12.7. The standard InChI is InChI=1S/C29H42O4S/c1-19-5-8-22(9-6-19)34(30,31)33-16-13-20-7-10-24-23-17-26(32-4)29-18-21(29)11-15-28(29,3)25(23)12-14-27(20,24)2/h5-6,8-9,20-21,23-26H,7,10-18H2,1-4H3/t20-,21+,23+,24+,25+,26-,27-,28-,29+/m1/s1. The zero-order valence-electron chi connectivity index (χ0n) is 21.4. The molecule has 1 spiro atoms. The smallest absolute Gasteiger partial charge is 0.296 e. The topological polar surface area (TPSA) is 52.6 Å². The van der Waals surface area contributed by atoms with Crippen molar-refractivity contribution in [3.63, 3.8) is 0 Å². The zero-order valence-corrected chi connectivity index (χ0v) is 22.2. The SMILES string of the molecule is CO[C@@H]1C[C@H]2[C@@H]3CC[C@H](CCOS(=O)(=O)c4ccc(C)cc4)[C@@]3(C)CC[C@@H]2[C@@]2(C)CC[C@H]3C[C@]312. The Kier molecular flexibility index (Phi) is 5.38. The number of methoxy groups -OCH3 is 1. The minimum atomic E-state index is -3.68. The number of hydrogen-bond acceptors (Lipinski definition) is 4. The normalized spacial score (nSPS) is 46.9. The van der Waals surface area contributed by atoms with Crippen molar-refractivity contribution in [1.82, 2.24) is 0 Å². The predicted octanol–water partition coefficient (Wildman–Crippen LogP) is 6.37. The Labute approximate surface area is 206 Å². The first-order valence-corrected chi connectivity index (χ1v) is 15.1. The van der Waals surface area contributed by atoms with Crippen LogP contribution < -0.4 is 0 Å². The van der Waals surface area contributed by atoms with Crippen LogP contribution in [0.25, 0.3) is 0 Å². The van der Waals surface area contributed by atoms with Gasteiger partial charge in [0.15, 0.2) is 0 Å².